The molecule has 10 nitrogen and oxygen atoms in total. The van der Waals surface area contributed by atoms with Gasteiger partial charge in [-0.1, -0.05) is 215 Å². The van der Waals surface area contributed by atoms with Crippen LogP contribution < -0.4 is 5.73 Å². The lowest BCUT2D eigenvalue weighted by molar-refractivity contribution is -0.161. The number of phosphoric acid groups is 1. The highest BCUT2D eigenvalue weighted by molar-refractivity contribution is 7.47. The van der Waals surface area contributed by atoms with Crippen LogP contribution in [-0.2, 0) is 32.7 Å². The third-order valence-electron chi connectivity index (χ3n) is 10.2. The maximum absolute atomic E-state index is 12.6. The number of phosphoric ester groups is 1. The van der Waals surface area contributed by atoms with Crippen molar-refractivity contribution in [1.29, 1.82) is 0 Å². The molecule has 0 aliphatic carbocycles. The van der Waals surface area contributed by atoms with E-state index in [0.29, 0.717) is 6.42 Å². The van der Waals surface area contributed by atoms with Gasteiger partial charge in [0.25, 0.3) is 0 Å². The van der Waals surface area contributed by atoms with Crippen LogP contribution in [0.5, 0.6) is 0 Å². The van der Waals surface area contributed by atoms with Gasteiger partial charge in [0.2, 0.25) is 0 Å². The minimum absolute atomic E-state index is 0.0206. The number of hydrogen-bond acceptors (Lipinski definition) is 9. The molecule has 0 aliphatic rings. The van der Waals surface area contributed by atoms with E-state index in [9.17, 15) is 24.2 Å². The van der Waals surface area contributed by atoms with Crippen molar-refractivity contribution in [1.82, 2.24) is 0 Å². The number of rotatable bonds is 45. The number of aliphatic hydroxyl groups excluding tert-OH is 1. The van der Waals surface area contributed by atoms with Crippen molar-refractivity contribution in [3.63, 3.8) is 0 Å². The molecule has 0 rings (SSSR count). The molecule has 0 bridgehead atoms. The van der Waals surface area contributed by atoms with Crippen LogP contribution in [0, 0.1) is 0 Å². The van der Waals surface area contributed by atoms with Gasteiger partial charge in [-0.25, -0.2) is 4.57 Å². The summed E-state index contributed by atoms with van der Waals surface area (Å²) in [7, 11) is -4.44. The van der Waals surface area contributed by atoms with E-state index >= 15 is 0 Å². The summed E-state index contributed by atoms with van der Waals surface area (Å²) < 4.78 is 32.7. The SMILES string of the molecule is CC/C=C\C/C=C\C/C=C\C/C=C\C/C=C\C=C/C(O)CCC(=O)OC[C@H](COP(=O)(O)OCCN)OC(=O)CCCCCCCCCCCCCCCCCCCCCCC. The Hall–Kier alpha value is -2.59. The Morgan fingerprint density at radius 3 is 1.48 bits per heavy atom. The van der Waals surface area contributed by atoms with Gasteiger partial charge in [0, 0.05) is 19.4 Å². The Morgan fingerprint density at radius 1 is 0.565 bits per heavy atom. The predicted octanol–water partition coefficient (Wildman–Crippen LogP) is 13.6. The van der Waals surface area contributed by atoms with Gasteiger partial charge in [-0.2, -0.15) is 0 Å². The first-order valence-corrected chi connectivity index (χ1v) is 26.0. The van der Waals surface area contributed by atoms with Gasteiger partial charge in [-0.05, 0) is 44.9 Å². The number of aliphatic hydroxyl groups is 1. The van der Waals surface area contributed by atoms with Crippen molar-refractivity contribution in [2.75, 3.05) is 26.4 Å². The van der Waals surface area contributed by atoms with Crippen molar-refractivity contribution in [2.24, 2.45) is 5.73 Å². The van der Waals surface area contributed by atoms with Crippen LogP contribution in [-0.4, -0.2) is 60.5 Å². The topological polar surface area (TPSA) is 155 Å². The summed E-state index contributed by atoms with van der Waals surface area (Å²) in [5.41, 5.74) is 5.35. The molecule has 358 valence electrons. The third-order valence-corrected chi connectivity index (χ3v) is 11.2. The fraction of sp³-hybridized carbons (Fsp3) is 0.725. The van der Waals surface area contributed by atoms with Crippen LogP contribution >= 0.6 is 7.82 Å². The zero-order valence-corrected chi connectivity index (χ0v) is 40.1. The quantitative estimate of drug-likeness (QED) is 0.0177. The Kier molecular flexibility index (Phi) is 44.5. The number of unbranched alkanes of at least 4 members (excludes halogenated alkanes) is 20. The van der Waals surface area contributed by atoms with Gasteiger partial charge in [0.1, 0.15) is 6.61 Å². The summed E-state index contributed by atoms with van der Waals surface area (Å²) in [6, 6.07) is 0. The number of esters is 2. The summed E-state index contributed by atoms with van der Waals surface area (Å²) in [6.45, 7) is 3.36. The molecule has 4 N–H and O–H groups in total. The van der Waals surface area contributed by atoms with Crippen LogP contribution in [0.4, 0.5) is 0 Å². The largest absolute Gasteiger partial charge is 0.472 e. The number of ether oxygens (including phenoxy) is 2. The zero-order valence-electron chi connectivity index (χ0n) is 39.2. The number of nitrogens with two attached hydrogens (primary N) is 1. The Morgan fingerprint density at radius 2 is 1.02 bits per heavy atom. The van der Waals surface area contributed by atoms with Crippen molar-refractivity contribution < 1.29 is 42.7 Å². The molecular weight excluding hydrogens is 802 g/mol. The number of carbonyl (C=O) groups is 2. The second kappa shape index (κ2) is 46.4. The second-order valence-corrected chi connectivity index (χ2v) is 17.6. The smallest absolute Gasteiger partial charge is 0.462 e. The molecule has 0 heterocycles. The van der Waals surface area contributed by atoms with Gasteiger partial charge < -0.3 is 25.2 Å². The summed E-state index contributed by atoms with van der Waals surface area (Å²) in [5.74, 6) is -1.11. The van der Waals surface area contributed by atoms with Crippen molar-refractivity contribution >= 4 is 19.8 Å². The molecule has 3 atom stereocenters. The maximum atomic E-state index is 12.6. The van der Waals surface area contributed by atoms with Crippen molar-refractivity contribution in [3.8, 4) is 0 Å². The lowest BCUT2D eigenvalue weighted by Crippen LogP contribution is -2.29. The second-order valence-electron chi connectivity index (χ2n) is 16.2. The molecule has 0 radical (unpaired) electrons. The van der Waals surface area contributed by atoms with Gasteiger partial charge >= 0.3 is 19.8 Å². The molecule has 0 spiro atoms. The fourth-order valence-corrected chi connectivity index (χ4v) is 7.33. The predicted molar refractivity (Wildman–Crippen MR) is 258 cm³/mol. The van der Waals surface area contributed by atoms with Crippen LogP contribution in [0.1, 0.15) is 200 Å². The molecule has 0 fully saturated rings. The van der Waals surface area contributed by atoms with Gasteiger partial charge in [-0.3, -0.25) is 18.6 Å². The number of carbonyl (C=O) groups excluding carboxylic acids is 2. The van der Waals surface area contributed by atoms with E-state index in [-0.39, 0.29) is 39.0 Å². The molecule has 0 aromatic rings. The highest BCUT2D eigenvalue weighted by Crippen LogP contribution is 2.43. The van der Waals surface area contributed by atoms with Crippen LogP contribution in [0.2, 0.25) is 0 Å². The van der Waals surface area contributed by atoms with Crippen molar-refractivity contribution in [2.45, 2.75) is 212 Å². The van der Waals surface area contributed by atoms with Crippen molar-refractivity contribution in [3.05, 3.63) is 72.9 Å². The van der Waals surface area contributed by atoms with E-state index in [1.165, 1.54) is 109 Å². The molecule has 0 aromatic carbocycles. The molecule has 0 aromatic heterocycles. The van der Waals surface area contributed by atoms with Gasteiger partial charge in [0.05, 0.1) is 19.3 Å². The average molecular weight is 892 g/mol. The third kappa shape index (κ3) is 45.4. The Bertz CT molecular complexity index is 1260. The van der Waals surface area contributed by atoms with E-state index in [4.69, 9.17) is 24.3 Å². The molecular formula is C51H90NO9P. The first kappa shape index (κ1) is 59.4. The lowest BCUT2D eigenvalue weighted by atomic mass is 10.0. The summed E-state index contributed by atoms with van der Waals surface area (Å²) in [4.78, 5) is 35.0. The normalized spacial score (nSPS) is 14.3. The Balaban J connectivity index is 4.26. The molecule has 62 heavy (non-hydrogen) atoms. The Labute approximate surface area is 378 Å². The molecule has 0 saturated carbocycles. The van der Waals surface area contributed by atoms with Gasteiger partial charge in [0.15, 0.2) is 6.10 Å². The zero-order chi connectivity index (χ0) is 45.5. The monoisotopic (exact) mass is 892 g/mol. The minimum Gasteiger partial charge on any atom is -0.462 e. The number of allylic oxidation sites excluding steroid dienone is 11. The first-order valence-electron chi connectivity index (χ1n) is 24.5. The fourth-order valence-electron chi connectivity index (χ4n) is 6.57. The van der Waals surface area contributed by atoms with Gasteiger partial charge in [-0.15, -0.1) is 0 Å². The lowest BCUT2D eigenvalue weighted by Gasteiger charge is -2.20. The van der Waals surface area contributed by atoms with E-state index in [0.717, 1.165) is 51.4 Å². The van der Waals surface area contributed by atoms with Crippen LogP contribution in [0.25, 0.3) is 0 Å². The van der Waals surface area contributed by atoms with Crippen LogP contribution in [0.3, 0.4) is 0 Å². The van der Waals surface area contributed by atoms with E-state index in [1.54, 1.807) is 12.2 Å². The molecule has 2 unspecified atom stereocenters. The summed E-state index contributed by atoms with van der Waals surface area (Å²) in [5, 5.41) is 10.3. The van der Waals surface area contributed by atoms with Crippen LogP contribution in [0.15, 0.2) is 72.9 Å². The van der Waals surface area contributed by atoms with E-state index in [1.807, 2.05) is 12.2 Å². The molecule has 0 saturated heterocycles. The minimum atomic E-state index is -4.44. The highest BCUT2D eigenvalue weighted by Gasteiger charge is 2.26. The highest BCUT2D eigenvalue weighted by atomic mass is 31.2. The number of hydrogen-bond donors (Lipinski definition) is 3. The summed E-state index contributed by atoms with van der Waals surface area (Å²) in [6.07, 6.45) is 54.1. The maximum Gasteiger partial charge on any atom is 0.472 e. The molecule has 0 aliphatic heterocycles. The molecule has 11 heteroatoms. The standard InChI is InChI=1S/C51H90NO9P/c1-3-5-7-9-11-13-15-17-19-21-22-23-24-25-27-29-31-33-35-37-39-41-51(55)61-49(47-60-62(56,57)59-45-44-52)46-58-50(54)43-42-48(53)40-38-36-34-32-30-28-26-20-18-16-14-12-10-8-6-4-2/h6,8,12,14,18,20,28,30,34,36,38,40,48-49,53H,3-5,7,9-11,13,15-17,19,21-27,29,31-33,35,37,39,41-47,52H2,1-2H3,(H,56,57)/b8-6-,14-12-,20-18-,30-28-,36-34-,40-38-/t48?,49-/m1/s1. The first-order chi connectivity index (χ1) is 30.2. The van der Waals surface area contributed by atoms with E-state index in [2.05, 4.69) is 62.5 Å². The van der Waals surface area contributed by atoms with E-state index < -0.39 is 38.6 Å². The molecule has 0 amide bonds. The average Bonchev–Trinajstić information content (AvgIpc) is 3.26. The summed E-state index contributed by atoms with van der Waals surface area (Å²) >= 11 is 0.